The minimum absolute atomic E-state index is 0.0962. The molecule has 136 valence electrons. The highest BCUT2D eigenvalue weighted by molar-refractivity contribution is 6.33. The number of halogens is 1. The van der Waals surface area contributed by atoms with Gasteiger partial charge in [-0.2, -0.15) is 0 Å². The largest absolute Gasteiger partial charge is 0.371 e. The molecule has 0 aromatic heterocycles. The van der Waals surface area contributed by atoms with Crippen LogP contribution in [0.4, 0.5) is 16.2 Å². The van der Waals surface area contributed by atoms with Gasteiger partial charge in [0.2, 0.25) is 0 Å². The van der Waals surface area contributed by atoms with Crippen molar-refractivity contribution in [3.63, 3.8) is 0 Å². The van der Waals surface area contributed by atoms with Gasteiger partial charge in [-0.15, -0.1) is 0 Å². The van der Waals surface area contributed by atoms with Gasteiger partial charge in [-0.3, -0.25) is 0 Å². The van der Waals surface area contributed by atoms with Crippen molar-refractivity contribution in [1.29, 1.82) is 0 Å². The Bertz CT molecular complexity index is 801. The second kappa shape index (κ2) is 6.91. The summed E-state index contributed by atoms with van der Waals surface area (Å²) in [6, 6.07) is 15.2. The molecule has 26 heavy (non-hydrogen) atoms. The van der Waals surface area contributed by atoms with E-state index in [9.17, 15) is 4.79 Å². The minimum Gasteiger partial charge on any atom is -0.371 e. The SMILES string of the molecule is C[C@@H]1[C@H]2CO[C@]1(Cc1ccc(NC(=O)Nc3ccccc3Cl)cc1)CN2. The zero-order chi connectivity index (χ0) is 18.1. The molecule has 0 unspecified atom stereocenters. The molecule has 3 atom stereocenters. The van der Waals surface area contributed by atoms with Crippen LogP contribution in [0.3, 0.4) is 0 Å². The van der Waals surface area contributed by atoms with E-state index in [2.05, 4.69) is 22.9 Å². The first-order chi connectivity index (χ1) is 12.6. The predicted octanol–water partition coefficient (Wildman–Crippen LogP) is 3.90. The highest BCUT2D eigenvalue weighted by Gasteiger charge is 2.52. The summed E-state index contributed by atoms with van der Waals surface area (Å²) >= 11 is 6.06. The van der Waals surface area contributed by atoms with Crippen molar-refractivity contribution >= 4 is 29.0 Å². The van der Waals surface area contributed by atoms with E-state index in [-0.39, 0.29) is 11.6 Å². The van der Waals surface area contributed by atoms with Crippen LogP contribution in [0.1, 0.15) is 12.5 Å². The second-order valence-electron chi connectivity index (χ2n) is 7.08. The molecule has 2 aliphatic rings. The summed E-state index contributed by atoms with van der Waals surface area (Å²) in [7, 11) is 0. The van der Waals surface area contributed by atoms with Gasteiger partial charge in [-0.1, -0.05) is 42.8 Å². The molecule has 2 bridgehead atoms. The quantitative estimate of drug-likeness (QED) is 0.763. The third-order valence-corrected chi connectivity index (χ3v) is 5.81. The van der Waals surface area contributed by atoms with Gasteiger partial charge in [0.25, 0.3) is 0 Å². The summed E-state index contributed by atoms with van der Waals surface area (Å²) in [5.74, 6) is 0.515. The molecule has 2 heterocycles. The number of rotatable bonds is 4. The van der Waals surface area contributed by atoms with E-state index in [0.29, 0.717) is 22.7 Å². The Morgan fingerprint density at radius 3 is 2.62 bits per heavy atom. The van der Waals surface area contributed by atoms with Crippen molar-refractivity contribution in [1.82, 2.24) is 5.32 Å². The molecular weight excluding hydrogens is 350 g/mol. The van der Waals surface area contributed by atoms with Crippen LogP contribution in [-0.4, -0.2) is 30.8 Å². The van der Waals surface area contributed by atoms with Crippen molar-refractivity contribution in [2.24, 2.45) is 5.92 Å². The number of para-hydroxylation sites is 1. The smallest absolute Gasteiger partial charge is 0.323 e. The summed E-state index contributed by atoms with van der Waals surface area (Å²) in [6.45, 7) is 3.95. The fourth-order valence-electron chi connectivity index (χ4n) is 3.82. The summed E-state index contributed by atoms with van der Waals surface area (Å²) in [4.78, 5) is 12.1. The van der Waals surface area contributed by atoms with Crippen LogP contribution in [0.5, 0.6) is 0 Å². The summed E-state index contributed by atoms with van der Waals surface area (Å²) < 4.78 is 6.07. The van der Waals surface area contributed by atoms with Crippen LogP contribution in [0, 0.1) is 5.92 Å². The van der Waals surface area contributed by atoms with Gasteiger partial charge in [0, 0.05) is 30.6 Å². The number of morpholine rings is 1. The number of carbonyl (C=O) groups is 1. The van der Waals surface area contributed by atoms with Crippen LogP contribution < -0.4 is 16.0 Å². The molecule has 2 aromatic rings. The average Bonchev–Trinajstić information content (AvgIpc) is 3.10. The van der Waals surface area contributed by atoms with Crippen molar-refractivity contribution in [3.05, 3.63) is 59.1 Å². The number of hydrogen-bond donors (Lipinski definition) is 3. The Labute approximate surface area is 158 Å². The first-order valence-corrected chi connectivity index (χ1v) is 9.22. The maximum atomic E-state index is 12.1. The Kier molecular flexibility index (Phi) is 4.61. The Balaban J connectivity index is 1.37. The van der Waals surface area contributed by atoms with Gasteiger partial charge < -0.3 is 20.7 Å². The molecule has 0 radical (unpaired) electrons. The number of urea groups is 1. The molecule has 2 aliphatic heterocycles. The molecule has 2 amide bonds. The monoisotopic (exact) mass is 371 g/mol. The van der Waals surface area contributed by atoms with E-state index >= 15 is 0 Å². The van der Waals surface area contributed by atoms with Gasteiger partial charge in [-0.25, -0.2) is 4.79 Å². The molecular formula is C20H22ClN3O2. The maximum absolute atomic E-state index is 12.1. The number of ether oxygens (including phenoxy) is 1. The Morgan fingerprint density at radius 1 is 1.23 bits per heavy atom. The van der Waals surface area contributed by atoms with E-state index in [0.717, 1.165) is 25.3 Å². The summed E-state index contributed by atoms with van der Waals surface area (Å²) in [5, 5.41) is 9.61. The topological polar surface area (TPSA) is 62.4 Å². The highest BCUT2D eigenvalue weighted by Crippen LogP contribution is 2.39. The molecule has 2 saturated heterocycles. The van der Waals surface area contributed by atoms with Crippen LogP contribution >= 0.6 is 11.6 Å². The number of benzene rings is 2. The lowest BCUT2D eigenvalue weighted by atomic mass is 9.85. The minimum atomic E-state index is -0.319. The van der Waals surface area contributed by atoms with E-state index in [1.807, 2.05) is 36.4 Å². The molecule has 2 aromatic carbocycles. The molecule has 3 N–H and O–H groups in total. The second-order valence-corrected chi connectivity index (χ2v) is 7.49. The van der Waals surface area contributed by atoms with Crippen LogP contribution in [0.25, 0.3) is 0 Å². The summed E-state index contributed by atoms with van der Waals surface area (Å²) in [6.07, 6.45) is 0.879. The van der Waals surface area contributed by atoms with Gasteiger partial charge in [0.1, 0.15) is 0 Å². The normalized spacial score (nSPS) is 26.7. The van der Waals surface area contributed by atoms with Crippen molar-refractivity contribution in [2.45, 2.75) is 25.0 Å². The third kappa shape index (κ3) is 3.30. The number of anilines is 2. The predicted molar refractivity (Wildman–Crippen MR) is 104 cm³/mol. The zero-order valence-corrected chi connectivity index (χ0v) is 15.3. The fraction of sp³-hybridized carbons (Fsp3) is 0.350. The van der Waals surface area contributed by atoms with Gasteiger partial charge >= 0.3 is 6.03 Å². The standard InChI is InChI=1S/C20H22ClN3O2/c1-13-18-11-26-20(13,12-22-18)10-14-6-8-15(9-7-14)23-19(25)24-17-5-3-2-4-16(17)21/h2-9,13,18,22H,10-12H2,1H3,(H2,23,24,25)/t13-,18-,20-/m1/s1. The fourth-order valence-corrected chi connectivity index (χ4v) is 4.01. The van der Waals surface area contributed by atoms with E-state index < -0.39 is 0 Å². The zero-order valence-electron chi connectivity index (χ0n) is 14.6. The van der Waals surface area contributed by atoms with Gasteiger partial charge in [0.05, 0.1) is 22.9 Å². The van der Waals surface area contributed by atoms with E-state index in [4.69, 9.17) is 16.3 Å². The number of fused-ring (bicyclic) bond motifs is 2. The van der Waals surface area contributed by atoms with Crippen molar-refractivity contribution in [3.8, 4) is 0 Å². The van der Waals surface area contributed by atoms with Gasteiger partial charge in [0.15, 0.2) is 0 Å². The molecule has 5 nitrogen and oxygen atoms in total. The van der Waals surface area contributed by atoms with E-state index in [1.54, 1.807) is 12.1 Å². The first-order valence-electron chi connectivity index (χ1n) is 8.85. The Morgan fingerprint density at radius 2 is 2.00 bits per heavy atom. The molecule has 0 saturated carbocycles. The molecule has 6 heteroatoms. The average molecular weight is 372 g/mol. The number of nitrogens with one attached hydrogen (secondary N) is 3. The van der Waals surface area contributed by atoms with E-state index in [1.165, 1.54) is 5.56 Å². The Hall–Kier alpha value is -2.08. The van der Waals surface area contributed by atoms with Crippen molar-refractivity contribution in [2.75, 3.05) is 23.8 Å². The molecule has 4 rings (SSSR count). The number of carbonyl (C=O) groups excluding carboxylic acids is 1. The lowest BCUT2D eigenvalue weighted by molar-refractivity contribution is -0.0189. The highest BCUT2D eigenvalue weighted by atomic mass is 35.5. The molecule has 2 fully saturated rings. The lowest BCUT2D eigenvalue weighted by Crippen LogP contribution is -2.41. The van der Waals surface area contributed by atoms with Crippen LogP contribution in [0.15, 0.2) is 48.5 Å². The van der Waals surface area contributed by atoms with Crippen LogP contribution in [0.2, 0.25) is 5.02 Å². The maximum Gasteiger partial charge on any atom is 0.323 e. The van der Waals surface area contributed by atoms with Crippen LogP contribution in [-0.2, 0) is 11.2 Å². The molecule has 0 aliphatic carbocycles. The van der Waals surface area contributed by atoms with Crippen molar-refractivity contribution < 1.29 is 9.53 Å². The third-order valence-electron chi connectivity index (χ3n) is 5.48. The number of hydrogen-bond acceptors (Lipinski definition) is 3. The van der Waals surface area contributed by atoms with Gasteiger partial charge in [-0.05, 0) is 29.8 Å². The summed E-state index contributed by atoms with van der Waals surface area (Å²) in [5.41, 5.74) is 2.43. The number of amides is 2. The lowest BCUT2D eigenvalue weighted by Gasteiger charge is -2.29. The molecule has 0 spiro atoms. The first kappa shape index (κ1) is 17.3.